The molecule has 98 valence electrons. The smallest absolute Gasteiger partial charge is 0.236 e. The lowest BCUT2D eigenvalue weighted by molar-refractivity contribution is -0.123. The molecule has 0 spiro atoms. The number of nitrogens with one attached hydrogen (secondary N) is 1. The van der Waals surface area contributed by atoms with Gasteiger partial charge in [-0.05, 0) is 25.8 Å². The lowest BCUT2D eigenvalue weighted by Gasteiger charge is -2.35. The third-order valence-electron chi connectivity index (χ3n) is 3.74. The minimum absolute atomic E-state index is 0.0698. The molecule has 0 radical (unpaired) electrons. The Hall–Kier alpha value is -0.650. The van der Waals surface area contributed by atoms with Crippen molar-refractivity contribution >= 4 is 5.91 Å². The van der Waals surface area contributed by atoms with Crippen molar-refractivity contribution in [2.45, 2.75) is 44.4 Å². The van der Waals surface area contributed by atoms with Crippen LogP contribution in [0.15, 0.2) is 0 Å². The fraction of sp³-hybridized carbons (Fsp3) is 0.917. The van der Waals surface area contributed by atoms with Gasteiger partial charge in [0.1, 0.15) is 0 Å². The number of carbonyl (C=O) groups excluding carboxylic acids is 1. The highest BCUT2D eigenvalue weighted by atomic mass is 16.5. The summed E-state index contributed by atoms with van der Waals surface area (Å²) < 4.78 is 5.76. The summed E-state index contributed by atoms with van der Waals surface area (Å²) >= 11 is 0. The highest BCUT2D eigenvalue weighted by molar-refractivity contribution is 5.81. The maximum atomic E-state index is 11.5. The first kappa shape index (κ1) is 12.8. The standard InChI is InChI=1S/C12H23N3O2/c1-2-11(13)12(16)14-6-10-7-15-5-3-4-9(15)8-17-10/h9-11H,2-8,13H2,1H3,(H,14,16)/t9?,10?,11-/m0/s1. The molecule has 0 bridgehead atoms. The fourth-order valence-corrected chi connectivity index (χ4v) is 2.54. The Morgan fingerprint density at radius 1 is 1.65 bits per heavy atom. The van der Waals surface area contributed by atoms with Gasteiger partial charge in [0.2, 0.25) is 5.91 Å². The van der Waals surface area contributed by atoms with Gasteiger partial charge in [-0.2, -0.15) is 0 Å². The molecule has 1 amide bonds. The molecule has 2 heterocycles. The lowest BCUT2D eigenvalue weighted by atomic mass is 10.2. The predicted molar refractivity (Wildman–Crippen MR) is 65.6 cm³/mol. The molecule has 2 unspecified atom stereocenters. The van der Waals surface area contributed by atoms with Gasteiger partial charge in [-0.3, -0.25) is 9.69 Å². The SMILES string of the molecule is CC[C@H](N)C(=O)NCC1CN2CCCC2CO1. The van der Waals surface area contributed by atoms with Gasteiger partial charge in [-0.15, -0.1) is 0 Å². The Bertz CT molecular complexity index is 272. The van der Waals surface area contributed by atoms with E-state index in [2.05, 4.69) is 10.2 Å². The van der Waals surface area contributed by atoms with Crippen LogP contribution in [0, 0.1) is 0 Å². The van der Waals surface area contributed by atoms with Crippen LogP contribution < -0.4 is 11.1 Å². The van der Waals surface area contributed by atoms with Crippen LogP contribution in [0.3, 0.4) is 0 Å². The number of nitrogens with zero attached hydrogens (tertiary/aromatic N) is 1. The zero-order valence-corrected chi connectivity index (χ0v) is 10.5. The second-order valence-corrected chi connectivity index (χ2v) is 5.01. The molecule has 2 aliphatic rings. The topological polar surface area (TPSA) is 67.6 Å². The first-order valence-corrected chi connectivity index (χ1v) is 6.59. The molecule has 2 fully saturated rings. The van der Waals surface area contributed by atoms with E-state index in [0.29, 0.717) is 19.0 Å². The van der Waals surface area contributed by atoms with Crippen molar-refractivity contribution < 1.29 is 9.53 Å². The van der Waals surface area contributed by atoms with E-state index in [0.717, 1.165) is 13.2 Å². The number of hydrogen-bond donors (Lipinski definition) is 2. The molecule has 0 saturated carbocycles. The average Bonchev–Trinajstić information content (AvgIpc) is 2.82. The second kappa shape index (κ2) is 5.80. The molecule has 5 nitrogen and oxygen atoms in total. The van der Waals surface area contributed by atoms with Crippen LogP contribution in [-0.2, 0) is 9.53 Å². The van der Waals surface area contributed by atoms with E-state index in [1.54, 1.807) is 0 Å². The monoisotopic (exact) mass is 241 g/mol. The van der Waals surface area contributed by atoms with E-state index in [4.69, 9.17) is 10.5 Å². The van der Waals surface area contributed by atoms with Gasteiger partial charge in [0.05, 0.1) is 18.8 Å². The van der Waals surface area contributed by atoms with Crippen molar-refractivity contribution in [2.24, 2.45) is 5.73 Å². The number of morpholine rings is 1. The van der Waals surface area contributed by atoms with Gasteiger partial charge in [-0.1, -0.05) is 6.92 Å². The Balaban J connectivity index is 1.71. The second-order valence-electron chi connectivity index (χ2n) is 5.01. The largest absolute Gasteiger partial charge is 0.373 e. The number of rotatable bonds is 4. The Morgan fingerprint density at radius 2 is 2.47 bits per heavy atom. The predicted octanol–water partition coefficient (Wildman–Crippen LogP) is -0.297. The van der Waals surface area contributed by atoms with Crippen LogP contribution in [0.1, 0.15) is 26.2 Å². The van der Waals surface area contributed by atoms with Crippen molar-refractivity contribution in [1.82, 2.24) is 10.2 Å². The van der Waals surface area contributed by atoms with Crippen LogP contribution in [0.25, 0.3) is 0 Å². The highest BCUT2D eigenvalue weighted by Gasteiger charge is 2.32. The summed E-state index contributed by atoms with van der Waals surface area (Å²) in [5.41, 5.74) is 5.65. The van der Waals surface area contributed by atoms with Crippen molar-refractivity contribution in [3.05, 3.63) is 0 Å². The molecule has 0 aromatic carbocycles. The number of fused-ring (bicyclic) bond motifs is 1. The summed E-state index contributed by atoms with van der Waals surface area (Å²) in [4.78, 5) is 14.0. The zero-order chi connectivity index (χ0) is 12.3. The molecule has 3 N–H and O–H groups in total. The summed E-state index contributed by atoms with van der Waals surface area (Å²) in [5.74, 6) is -0.0698. The first-order chi connectivity index (χ1) is 8.20. The van der Waals surface area contributed by atoms with E-state index < -0.39 is 6.04 Å². The number of hydrogen-bond acceptors (Lipinski definition) is 4. The van der Waals surface area contributed by atoms with Gasteiger partial charge in [0.15, 0.2) is 0 Å². The van der Waals surface area contributed by atoms with E-state index in [-0.39, 0.29) is 12.0 Å². The van der Waals surface area contributed by atoms with Crippen molar-refractivity contribution in [2.75, 3.05) is 26.2 Å². The zero-order valence-electron chi connectivity index (χ0n) is 10.5. The normalized spacial score (nSPS) is 30.9. The van der Waals surface area contributed by atoms with Crippen LogP contribution >= 0.6 is 0 Å². The number of ether oxygens (including phenoxy) is 1. The molecule has 17 heavy (non-hydrogen) atoms. The fourth-order valence-electron chi connectivity index (χ4n) is 2.54. The van der Waals surface area contributed by atoms with Gasteiger partial charge in [0, 0.05) is 19.1 Å². The molecule has 0 aliphatic carbocycles. The molecular formula is C12H23N3O2. The minimum Gasteiger partial charge on any atom is -0.373 e. The number of nitrogens with two attached hydrogens (primary N) is 1. The molecule has 2 aliphatic heterocycles. The Labute approximate surface area is 103 Å². The number of carbonyl (C=O) groups is 1. The van der Waals surface area contributed by atoms with Gasteiger partial charge >= 0.3 is 0 Å². The Morgan fingerprint density at radius 3 is 3.24 bits per heavy atom. The van der Waals surface area contributed by atoms with Crippen molar-refractivity contribution in [3.8, 4) is 0 Å². The maximum absolute atomic E-state index is 11.5. The summed E-state index contributed by atoms with van der Waals surface area (Å²) in [7, 11) is 0. The third kappa shape index (κ3) is 3.18. The highest BCUT2D eigenvalue weighted by Crippen LogP contribution is 2.22. The maximum Gasteiger partial charge on any atom is 0.236 e. The number of amides is 1. The van der Waals surface area contributed by atoms with E-state index >= 15 is 0 Å². The van der Waals surface area contributed by atoms with Crippen molar-refractivity contribution in [1.29, 1.82) is 0 Å². The van der Waals surface area contributed by atoms with Crippen LogP contribution in [0.4, 0.5) is 0 Å². The van der Waals surface area contributed by atoms with Crippen molar-refractivity contribution in [3.63, 3.8) is 0 Å². The third-order valence-corrected chi connectivity index (χ3v) is 3.74. The molecule has 2 rings (SSSR count). The molecule has 0 aromatic heterocycles. The summed E-state index contributed by atoms with van der Waals surface area (Å²) in [6.45, 7) is 5.41. The molecule has 5 heteroatoms. The quantitative estimate of drug-likeness (QED) is 0.709. The van der Waals surface area contributed by atoms with E-state index in [1.807, 2.05) is 6.92 Å². The molecular weight excluding hydrogens is 218 g/mol. The van der Waals surface area contributed by atoms with Crippen LogP contribution in [-0.4, -0.2) is 55.2 Å². The molecule has 3 atom stereocenters. The van der Waals surface area contributed by atoms with E-state index in [9.17, 15) is 4.79 Å². The summed E-state index contributed by atoms with van der Waals surface area (Å²) in [6.07, 6.45) is 3.32. The molecule has 0 aromatic rings. The summed E-state index contributed by atoms with van der Waals surface area (Å²) in [5, 5.41) is 2.87. The van der Waals surface area contributed by atoms with Gasteiger partial charge < -0.3 is 15.8 Å². The van der Waals surface area contributed by atoms with Crippen LogP contribution in [0.5, 0.6) is 0 Å². The lowest BCUT2D eigenvalue weighted by Crippen LogP contribution is -2.51. The first-order valence-electron chi connectivity index (χ1n) is 6.59. The van der Waals surface area contributed by atoms with E-state index in [1.165, 1.54) is 19.4 Å². The van der Waals surface area contributed by atoms with Gasteiger partial charge in [-0.25, -0.2) is 0 Å². The van der Waals surface area contributed by atoms with Gasteiger partial charge in [0.25, 0.3) is 0 Å². The van der Waals surface area contributed by atoms with Crippen LogP contribution in [0.2, 0.25) is 0 Å². The Kier molecular flexibility index (Phi) is 4.36. The molecule has 2 saturated heterocycles. The summed E-state index contributed by atoms with van der Waals surface area (Å²) in [6, 6.07) is 0.220. The average molecular weight is 241 g/mol. The minimum atomic E-state index is -0.391.